The van der Waals surface area contributed by atoms with Gasteiger partial charge in [0, 0.05) is 0 Å². The van der Waals surface area contributed by atoms with Crippen molar-refractivity contribution in [2.75, 3.05) is 0 Å². The summed E-state index contributed by atoms with van der Waals surface area (Å²) in [6.45, 7) is 24.2. The van der Waals surface area contributed by atoms with Gasteiger partial charge < -0.3 is 17.1 Å². The van der Waals surface area contributed by atoms with Gasteiger partial charge in [-0.2, -0.15) is 0 Å². The molecule has 1 saturated heterocycles. The van der Waals surface area contributed by atoms with Crippen molar-refractivity contribution in [3.63, 3.8) is 0 Å². The zero-order valence-corrected chi connectivity index (χ0v) is 31.6. The molecule has 0 bridgehead atoms. The van der Waals surface area contributed by atoms with Crippen LogP contribution in [0.4, 0.5) is 0 Å². The Labute approximate surface area is 233 Å². The molecule has 0 spiro atoms. The molecule has 2 aliphatic rings. The number of unbranched alkanes of at least 4 members (excludes halogenated alkanes) is 2. The fourth-order valence-corrected chi connectivity index (χ4v) is 25.8. The first-order valence-corrected chi connectivity index (χ1v) is 30.8. The van der Waals surface area contributed by atoms with E-state index in [2.05, 4.69) is 76.0 Å². The number of ether oxygens (including phenoxy) is 1. The van der Waals surface area contributed by atoms with E-state index in [0.717, 1.165) is 5.92 Å². The van der Waals surface area contributed by atoms with Gasteiger partial charge in [0.25, 0.3) is 0 Å². The smallest absolute Gasteiger partial charge is 0.230 e. The molecular weight excluding hydrogens is 545 g/mol. The molecule has 2 rings (SSSR count). The molecule has 3 atom stereocenters. The van der Waals surface area contributed by atoms with Crippen LogP contribution >= 0.6 is 0 Å². The second-order valence-electron chi connectivity index (χ2n) is 14.9. The Morgan fingerprint density at radius 2 is 1.00 bits per heavy atom. The quantitative estimate of drug-likeness (QED) is 0.0893. The molecule has 0 N–H and O–H groups in total. The molecule has 0 aromatic carbocycles. The highest BCUT2D eigenvalue weighted by molar-refractivity contribution is 6.85. The van der Waals surface area contributed by atoms with Crippen molar-refractivity contribution in [1.29, 1.82) is 0 Å². The standard InChI is InChI=1S/C26H59O4Si6/c1-32(2,28-31)18-11-12-19-33(3,4)29-34(5,6)20-13-14-21-35(7,8)30-36(9,10)22-17-24-15-16-25-26(23-24)27-25/h24-26H,11-23H2,1-10H3. The molecule has 0 amide bonds. The molecule has 10 heteroatoms. The van der Waals surface area contributed by atoms with Crippen LogP contribution in [0.5, 0.6) is 0 Å². The third-order valence-electron chi connectivity index (χ3n) is 8.26. The average Bonchev–Trinajstić information content (AvgIpc) is 3.50. The van der Waals surface area contributed by atoms with E-state index in [1.807, 2.05) is 0 Å². The lowest BCUT2D eigenvalue weighted by Crippen LogP contribution is -2.45. The summed E-state index contributed by atoms with van der Waals surface area (Å²) >= 11 is 0. The summed E-state index contributed by atoms with van der Waals surface area (Å²) in [7, 11) is -4.62. The highest BCUT2D eigenvalue weighted by Crippen LogP contribution is 2.42. The van der Waals surface area contributed by atoms with Gasteiger partial charge in [-0.3, -0.25) is 0 Å². The number of hydrogen-bond donors (Lipinski definition) is 0. The van der Waals surface area contributed by atoms with Crippen molar-refractivity contribution in [1.82, 2.24) is 0 Å². The van der Waals surface area contributed by atoms with Crippen LogP contribution in [-0.2, 0) is 17.1 Å². The van der Waals surface area contributed by atoms with Crippen molar-refractivity contribution in [3.05, 3.63) is 0 Å². The average molecular weight is 604 g/mol. The molecule has 2 fully saturated rings. The highest BCUT2D eigenvalue weighted by atomic mass is 28.4. The molecular formula is C26H59O4Si6. The van der Waals surface area contributed by atoms with Gasteiger partial charge in [0.2, 0.25) is 10.5 Å². The third-order valence-corrected chi connectivity index (χ3v) is 27.0. The number of rotatable bonds is 18. The minimum absolute atomic E-state index is 0.610. The molecule has 0 aromatic heterocycles. The Hall–Kier alpha value is 1.14. The van der Waals surface area contributed by atoms with Gasteiger partial charge in [-0.25, -0.2) is 0 Å². The number of epoxide rings is 1. The molecule has 211 valence electrons. The number of fused-ring (bicyclic) bond motifs is 1. The molecule has 1 aliphatic heterocycles. The van der Waals surface area contributed by atoms with Crippen LogP contribution in [0.1, 0.15) is 51.4 Å². The Morgan fingerprint density at radius 3 is 1.42 bits per heavy atom. The van der Waals surface area contributed by atoms with Gasteiger partial charge in [0.1, 0.15) is 0 Å². The van der Waals surface area contributed by atoms with Crippen molar-refractivity contribution in [2.45, 2.75) is 159 Å². The first-order valence-electron chi connectivity index (χ1n) is 14.8. The molecule has 1 heterocycles. The predicted octanol–water partition coefficient (Wildman–Crippen LogP) is 8.66. The third kappa shape index (κ3) is 13.5. The molecule has 4 nitrogen and oxygen atoms in total. The summed E-state index contributed by atoms with van der Waals surface area (Å²) in [6.07, 6.45) is 11.7. The Morgan fingerprint density at radius 1 is 0.583 bits per heavy atom. The van der Waals surface area contributed by atoms with Crippen molar-refractivity contribution >= 4 is 52.1 Å². The first kappa shape index (κ1) is 33.3. The van der Waals surface area contributed by atoms with E-state index < -0.39 is 41.6 Å². The Kier molecular flexibility index (Phi) is 12.7. The lowest BCUT2D eigenvalue weighted by atomic mass is 9.88. The minimum Gasteiger partial charge on any atom is -0.457 e. The maximum absolute atomic E-state index is 6.98. The van der Waals surface area contributed by atoms with Crippen molar-refractivity contribution in [2.24, 2.45) is 5.92 Å². The van der Waals surface area contributed by atoms with E-state index in [1.165, 1.54) is 81.6 Å². The van der Waals surface area contributed by atoms with Crippen LogP contribution in [0.15, 0.2) is 0 Å². The maximum Gasteiger partial charge on any atom is 0.230 e. The maximum atomic E-state index is 6.98. The Bertz CT molecular complexity index is 671. The summed E-state index contributed by atoms with van der Waals surface area (Å²) < 4.78 is 25.2. The molecule has 0 aromatic rings. The van der Waals surface area contributed by atoms with Crippen LogP contribution in [-0.4, -0.2) is 64.3 Å². The van der Waals surface area contributed by atoms with Crippen LogP contribution < -0.4 is 0 Å². The van der Waals surface area contributed by atoms with Gasteiger partial charge in [0.05, 0.1) is 12.2 Å². The van der Waals surface area contributed by atoms with Gasteiger partial charge in [-0.1, -0.05) is 32.1 Å². The number of hydrogen-bond acceptors (Lipinski definition) is 4. The van der Waals surface area contributed by atoms with Crippen LogP contribution in [0, 0.1) is 5.92 Å². The van der Waals surface area contributed by atoms with Gasteiger partial charge in [0.15, 0.2) is 41.6 Å². The SMILES string of the molecule is C[Si](C)(CCCC[Si](C)(C)O[Si](C)(C)CCCC[Si](C)(C)O[Si](C)(C)CCC1CCC2OC2C1)O[Si]. The Balaban J connectivity index is 1.64. The summed E-state index contributed by atoms with van der Waals surface area (Å²) in [4.78, 5) is 0. The zero-order valence-electron chi connectivity index (χ0n) is 25.6. The topological polar surface area (TPSA) is 40.2 Å². The zero-order chi connectivity index (χ0) is 27.3. The molecule has 3 radical (unpaired) electrons. The molecule has 3 unspecified atom stereocenters. The summed E-state index contributed by atoms with van der Waals surface area (Å²) in [5.41, 5.74) is 0. The van der Waals surface area contributed by atoms with E-state index in [0.29, 0.717) is 12.2 Å². The highest BCUT2D eigenvalue weighted by Gasteiger charge is 2.44. The lowest BCUT2D eigenvalue weighted by Gasteiger charge is -2.36. The second kappa shape index (κ2) is 13.7. The normalized spacial score (nSPS) is 23.6. The molecule has 1 saturated carbocycles. The van der Waals surface area contributed by atoms with Gasteiger partial charge >= 0.3 is 0 Å². The van der Waals surface area contributed by atoms with E-state index in [1.54, 1.807) is 0 Å². The monoisotopic (exact) mass is 603 g/mol. The van der Waals surface area contributed by atoms with Gasteiger partial charge in [-0.15, -0.1) is 0 Å². The fourth-order valence-electron chi connectivity index (χ4n) is 6.25. The van der Waals surface area contributed by atoms with Crippen molar-refractivity contribution < 1.29 is 17.1 Å². The van der Waals surface area contributed by atoms with E-state index in [-0.39, 0.29) is 0 Å². The van der Waals surface area contributed by atoms with Crippen LogP contribution in [0.2, 0.25) is 95.7 Å². The molecule has 36 heavy (non-hydrogen) atoms. The van der Waals surface area contributed by atoms with Crippen LogP contribution in [0.25, 0.3) is 0 Å². The summed E-state index contributed by atoms with van der Waals surface area (Å²) in [5, 5.41) is 0. The van der Waals surface area contributed by atoms with E-state index in [4.69, 9.17) is 17.1 Å². The largest absolute Gasteiger partial charge is 0.457 e. The summed E-state index contributed by atoms with van der Waals surface area (Å²) in [5.74, 6) is 0.880. The lowest BCUT2D eigenvalue weighted by molar-refractivity contribution is 0.355. The fraction of sp³-hybridized carbons (Fsp3) is 1.00. The van der Waals surface area contributed by atoms with E-state index >= 15 is 0 Å². The first-order chi connectivity index (χ1) is 16.4. The molecule has 1 aliphatic carbocycles. The second-order valence-corrected chi connectivity index (χ2v) is 37.5. The summed E-state index contributed by atoms with van der Waals surface area (Å²) in [6, 6.07) is 6.41. The van der Waals surface area contributed by atoms with Crippen LogP contribution in [0.3, 0.4) is 0 Å². The van der Waals surface area contributed by atoms with Crippen molar-refractivity contribution in [3.8, 4) is 0 Å². The minimum atomic E-state index is -1.61. The van der Waals surface area contributed by atoms with E-state index in [9.17, 15) is 0 Å². The van der Waals surface area contributed by atoms with Gasteiger partial charge in [-0.05, 0) is 121 Å². The predicted molar refractivity (Wildman–Crippen MR) is 170 cm³/mol.